The molecule has 32 heavy (non-hydrogen) atoms. The Morgan fingerprint density at radius 3 is 2.88 bits per heavy atom. The van der Waals surface area contributed by atoms with Crippen molar-refractivity contribution in [1.29, 1.82) is 0 Å². The van der Waals surface area contributed by atoms with Crippen LogP contribution in [0, 0.1) is 11.8 Å². The Hall–Kier alpha value is -3.25. The van der Waals surface area contributed by atoms with E-state index in [1.165, 1.54) is 6.42 Å². The summed E-state index contributed by atoms with van der Waals surface area (Å²) in [7, 11) is 1.67. The Bertz CT molecular complexity index is 1130. The Labute approximate surface area is 188 Å². The molecule has 6 rings (SSSR count). The zero-order valence-corrected chi connectivity index (χ0v) is 18.3. The number of piperidine rings is 3. The van der Waals surface area contributed by atoms with Crippen LogP contribution >= 0.6 is 0 Å². The first-order valence-corrected chi connectivity index (χ1v) is 11.2. The van der Waals surface area contributed by atoms with Gasteiger partial charge in [-0.3, -0.25) is 19.7 Å². The second kappa shape index (κ2) is 8.71. The van der Waals surface area contributed by atoms with Crippen LogP contribution in [0.2, 0.25) is 0 Å². The molecule has 2 aromatic heterocycles. The fraction of sp³-hybridized carbons (Fsp3) is 0.346. The van der Waals surface area contributed by atoms with Gasteiger partial charge in [-0.1, -0.05) is 12.1 Å². The fourth-order valence-corrected chi connectivity index (χ4v) is 5.36. The molecule has 0 radical (unpaired) electrons. The van der Waals surface area contributed by atoms with Crippen LogP contribution in [-0.2, 0) is 0 Å². The maximum Gasteiger partial charge on any atom is 0.270 e. The highest BCUT2D eigenvalue weighted by molar-refractivity contribution is 5.93. The Kier molecular flexibility index (Phi) is 5.62. The number of pyridine rings is 2. The van der Waals surface area contributed by atoms with E-state index in [1.54, 1.807) is 19.4 Å². The van der Waals surface area contributed by atoms with Crippen LogP contribution in [0.5, 0.6) is 5.75 Å². The molecule has 0 saturated carbocycles. The number of nitrogens with one attached hydrogen (secondary N) is 1. The molecule has 4 unspecified atom stereocenters. The van der Waals surface area contributed by atoms with Crippen molar-refractivity contribution in [3.8, 4) is 5.75 Å². The molecule has 1 amide bonds. The summed E-state index contributed by atoms with van der Waals surface area (Å²) in [5, 5.41) is 4.33. The number of rotatable bonds is 6. The van der Waals surface area contributed by atoms with Crippen molar-refractivity contribution in [2.24, 2.45) is 11.8 Å². The van der Waals surface area contributed by atoms with E-state index >= 15 is 0 Å². The number of nitrogens with zero attached hydrogens (tertiary/aromatic N) is 3. The van der Waals surface area contributed by atoms with Gasteiger partial charge in [-0.05, 0) is 73.2 Å². The number of fused-ring (bicyclic) bond motifs is 4. The van der Waals surface area contributed by atoms with Crippen LogP contribution in [0.15, 0.2) is 67.5 Å². The van der Waals surface area contributed by atoms with E-state index in [4.69, 9.17) is 4.74 Å². The van der Waals surface area contributed by atoms with E-state index in [-0.39, 0.29) is 18.0 Å². The molecule has 0 aliphatic carbocycles. The van der Waals surface area contributed by atoms with E-state index in [0.717, 1.165) is 41.7 Å². The highest BCUT2D eigenvalue weighted by Crippen LogP contribution is 2.42. The molecule has 1 N–H and O–H groups in total. The second-order valence-corrected chi connectivity index (χ2v) is 8.70. The molecule has 3 aliphatic rings. The number of carbonyl (C=O) groups is 1. The van der Waals surface area contributed by atoms with Crippen LogP contribution in [0.1, 0.15) is 34.9 Å². The zero-order chi connectivity index (χ0) is 22.1. The molecule has 164 valence electrons. The lowest BCUT2D eigenvalue weighted by Gasteiger charge is -2.51. The summed E-state index contributed by atoms with van der Waals surface area (Å²) < 4.78 is 5.48. The number of ether oxygens (including phenoxy) is 1. The highest BCUT2D eigenvalue weighted by atomic mass is 16.5. The van der Waals surface area contributed by atoms with Crippen LogP contribution in [0.4, 0.5) is 0 Å². The van der Waals surface area contributed by atoms with Crippen molar-refractivity contribution in [1.82, 2.24) is 20.2 Å². The second-order valence-electron chi connectivity index (χ2n) is 8.70. The molecule has 1 aromatic carbocycles. The minimum atomic E-state index is -0.185. The smallest absolute Gasteiger partial charge is 0.270 e. The molecule has 5 atom stereocenters. The highest BCUT2D eigenvalue weighted by Gasteiger charge is 2.43. The number of amides is 1. The average Bonchev–Trinajstić information content (AvgIpc) is 2.87. The normalized spacial score (nSPS) is 25.3. The first-order valence-electron chi connectivity index (χ1n) is 11.2. The standard InChI is InChI=1S/C26H28N4O2/c1-3-17-16-30-13-10-18(17)14-24(30)25(29-26(31)23-6-4-5-11-27-23)20-9-12-28-22-8-7-19(32-2)15-21(20)22/h3-9,11-12,15,17-18,24-25H,1,10,13-14,16H2,2H3,(H,29,31)/t17?,18?,24?,25-/m1/s1. The predicted molar refractivity (Wildman–Crippen MR) is 125 cm³/mol. The van der Waals surface area contributed by atoms with Gasteiger partial charge < -0.3 is 10.1 Å². The van der Waals surface area contributed by atoms with E-state index in [0.29, 0.717) is 17.5 Å². The maximum absolute atomic E-state index is 13.2. The third kappa shape index (κ3) is 3.75. The van der Waals surface area contributed by atoms with Gasteiger partial charge in [0.25, 0.3) is 5.91 Å². The molecule has 6 heteroatoms. The summed E-state index contributed by atoms with van der Waals surface area (Å²) >= 11 is 0. The van der Waals surface area contributed by atoms with Gasteiger partial charge in [-0.15, -0.1) is 6.58 Å². The van der Waals surface area contributed by atoms with Crippen molar-refractivity contribution < 1.29 is 9.53 Å². The Morgan fingerprint density at radius 1 is 1.25 bits per heavy atom. The van der Waals surface area contributed by atoms with Crippen molar-refractivity contribution in [2.45, 2.75) is 24.9 Å². The van der Waals surface area contributed by atoms with Crippen molar-refractivity contribution in [2.75, 3.05) is 20.2 Å². The van der Waals surface area contributed by atoms with Gasteiger partial charge in [0, 0.05) is 30.4 Å². The number of benzene rings is 1. The lowest BCUT2D eigenvalue weighted by atomic mass is 9.73. The van der Waals surface area contributed by atoms with Crippen LogP contribution in [0.3, 0.4) is 0 Å². The SMILES string of the molecule is C=CC1CN2CCC1CC2[C@H](NC(=O)c1ccccn1)c1ccnc2ccc(OC)cc12. The Morgan fingerprint density at radius 2 is 2.16 bits per heavy atom. The molecule has 3 fully saturated rings. The molecule has 3 aromatic rings. The largest absolute Gasteiger partial charge is 0.497 e. The number of aromatic nitrogens is 2. The van der Waals surface area contributed by atoms with Gasteiger partial charge in [0.05, 0.1) is 18.7 Å². The maximum atomic E-state index is 13.2. The number of carbonyl (C=O) groups excluding carboxylic acids is 1. The zero-order valence-electron chi connectivity index (χ0n) is 18.3. The third-order valence-electron chi connectivity index (χ3n) is 7.04. The summed E-state index contributed by atoms with van der Waals surface area (Å²) in [5.41, 5.74) is 2.37. The minimum Gasteiger partial charge on any atom is -0.497 e. The summed E-state index contributed by atoms with van der Waals surface area (Å²) in [6.07, 6.45) is 7.78. The van der Waals surface area contributed by atoms with Crippen LogP contribution in [0.25, 0.3) is 10.9 Å². The quantitative estimate of drug-likeness (QED) is 0.601. The summed E-state index contributed by atoms with van der Waals surface area (Å²) in [6.45, 7) is 6.08. The van der Waals surface area contributed by atoms with Gasteiger partial charge in [0.2, 0.25) is 0 Å². The Balaban J connectivity index is 1.57. The van der Waals surface area contributed by atoms with E-state index in [9.17, 15) is 4.79 Å². The first kappa shape index (κ1) is 20.6. The molecule has 6 nitrogen and oxygen atoms in total. The van der Waals surface area contributed by atoms with Gasteiger partial charge in [0.15, 0.2) is 0 Å². The van der Waals surface area contributed by atoms with Gasteiger partial charge in [0.1, 0.15) is 11.4 Å². The average molecular weight is 429 g/mol. The fourth-order valence-electron chi connectivity index (χ4n) is 5.36. The van der Waals surface area contributed by atoms with Gasteiger partial charge in [-0.25, -0.2) is 0 Å². The van der Waals surface area contributed by atoms with Crippen LogP contribution < -0.4 is 10.1 Å². The number of hydrogen-bond donors (Lipinski definition) is 1. The van der Waals surface area contributed by atoms with Crippen molar-refractivity contribution in [3.63, 3.8) is 0 Å². The summed E-state index contributed by atoms with van der Waals surface area (Å²) in [5.74, 6) is 1.73. The molecule has 5 heterocycles. The van der Waals surface area contributed by atoms with E-state index < -0.39 is 0 Å². The molecular weight excluding hydrogens is 400 g/mol. The van der Waals surface area contributed by atoms with Crippen molar-refractivity contribution in [3.05, 3.63) is 78.8 Å². The lowest BCUT2D eigenvalue weighted by Crippen LogP contribution is -2.57. The van der Waals surface area contributed by atoms with Gasteiger partial charge in [-0.2, -0.15) is 0 Å². The van der Waals surface area contributed by atoms with E-state index in [1.807, 2.05) is 42.6 Å². The van der Waals surface area contributed by atoms with Gasteiger partial charge >= 0.3 is 0 Å². The summed E-state index contributed by atoms with van der Waals surface area (Å²) in [4.78, 5) is 24.5. The molecule has 3 aliphatic heterocycles. The molecule has 3 saturated heterocycles. The third-order valence-corrected chi connectivity index (χ3v) is 7.04. The predicted octanol–water partition coefficient (Wildman–Crippen LogP) is 4.01. The number of methoxy groups -OCH3 is 1. The lowest BCUT2D eigenvalue weighted by molar-refractivity contribution is 0.00167. The van der Waals surface area contributed by atoms with Crippen molar-refractivity contribution >= 4 is 16.8 Å². The molecular formula is C26H28N4O2. The number of hydrogen-bond acceptors (Lipinski definition) is 5. The summed E-state index contributed by atoms with van der Waals surface area (Å²) in [6, 6.07) is 13.4. The first-order chi connectivity index (χ1) is 15.7. The topological polar surface area (TPSA) is 67.4 Å². The monoisotopic (exact) mass is 428 g/mol. The van der Waals surface area contributed by atoms with E-state index in [2.05, 4.69) is 32.8 Å². The minimum absolute atomic E-state index is 0.161. The van der Waals surface area contributed by atoms with Crippen LogP contribution in [-0.4, -0.2) is 47.0 Å². The molecule has 2 bridgehead atoms. The molecule has 0 spiro atoms.